The number of halogens is 1. The molecule has 0 bridgehead atoms. The number of ether oxygens (including phenoxy) is 1. The van der Waals surface area contributed by atoms with E-state index in [4.69, 9.17) is 21.3 Å². The third-order valence-electron chi connectivity index (χ3n) is 6.14. The maximum absolute atomic E-state index is 12.1. The molecule has 1 saturated heterocycles. The number of likely N-dealkylation sites (tertiary alicyclic amines) is 1. The summed E-state index contributed by atoms with van der Waals surface area (Å²) in [7, 11) is 1.37. The van der Waals surface area contributed by atoms with Crippen LogP contribution in [0.1, 0.15) is 22.7 Å². The highest BCUT2D eigenvalue weighted by molar-refractivity contribution is 7.18. The quantitative estimate of drug-likeness (QED) is 0.392. The first-order chi connectivity index (χ1) is 16.5. The van der Waals surface area contributed by atoms with Crippen LogP contribution in [0.3, 0.4) is 0 Å². The third kappa shape index (κ3) is 4.57. The number of aliphatic hydroxyl groups excluding tert-OH is 1. The number of hydrogen-bond acceptors (Lipinski definition) is 7. The van der Waals surface area contributed by atoms with Gasteiger partial charge < -0.3 is 9.84 Å². The molecule has 1 fully saturated rings. The Morgan fingerprint density at radius 3 is 2.82 bits per heavy atom. The van der Waals surface area contributed by atoms with E-state index in [9.17, 15) is 9.90 Å². The predicted molar refractivity (Wildman–Crippen MR) is 134 cm³/mol. The van der Waals surface area contributed by atoms with Crippen molar-refractivity contribution in [3.63, 3.8) is 0 Å². The van der Waals surface area contributed by atoms with Crippen molar-refractivity contribution in [2.45, 2.75) is 31.5 Å². The summed E-state index contributed by atoms with van der Waals surface area (Å²) in [5.41, 5.74) is 4.76. The van der Waals surface area contributed by atoms with Crippen LogP contribution in [-0.2, 0) is 22.5 Å². The van der Waals surface area contributed by atoms with Crippen LogP contribution in [-0.4, -0.2) is 51.7 Å². The maximum Gasteiger partial charge on any atom is 0.323 e. The summed E-state index contributed by atoms with van der Waals surface area (Å²) in [6, 6.07) is 17.7. The lowest BCUT2D eigenvalue weighted by Crippen LogP contribution is -2.36. The van der Waals surface area contributed by atoms with Crippen molar-refractivity contribution in [1.82, 2.24) is 14.9 Å². The smallest absolute Gasteiger partial charge is 0.323 e. The predicted octanol–water partition coefficient (Wildman–Crippen LogP) is 4.71. The molecule has 1 aliphatic heterocycles. The summed E-state index contributed by atoms with van der Waals surface area (Å²) in [6.07, 6.45) is 2.19. The summed E-state index contributed by atoms with van der Waals surface area (Å²) in [5, 5.41) is 11.7. The van der Waals surface area contributed by atoms with Crippen molar-refractivity contribution in [2.24, 2.45) is 0 Å². The summed E-state index contributed by atoms with van der Waals surface area (Å²) < 4.78 is 5.95. The summed E-state index contributed by atoms with van der Waals surface area (Å²) in [6.45, 7) is 0.891. The number of aliphatic hydroxyl groups is 1. The monoisotopic (exact) mass is 493 g/mol. The lowest BCUT2D eigenvalue weighted by molar-refractivity contribution is -0.146. The van der Waals surface area contributed by atoms with E-state index in [0.29, 0.717) is 25.9 Å². The van der Waals surface area contributed by atoms with Gasteiger partial charge in [-0.3, -0.25) is 14.7 Å². The number of methoxy groups -OCH3 is 1. The van der Waals surface area contributed by atoms with Gasteiger partial charge in [0.1, 0.15) is 16.6 Å². The second-order valence-corrected chi connectivity index (χ2v) is 9.88. The topological polar surface area (TPSA) is 75.6 Å². The Morgan fingerprint density at radius 1 is 1.21 bits per heavy atom. The Kier molecular flexibility index (Phi) is 6.61. The summed E-state index contributed by atoms with van der Waals surface area (Å²) in [4.78, 5) is 23.6. The molecular formula is C26H24ClN3O3S. The Morgan fingerprint density at radius 2 is 2.03 bits per heavy atom. The number of nitrogens with zero attached hydrogens (tertiary/aromatic N) is 3. The number of thiazole rings is 1. The minimum absolute atomic E-state index is 0.326. The van der Waals surface area contributed by atoms with Crippen LogP contribution >= 0.6 is 22.9 Å². The van der Waals surface area contributed by atoms with E-state index in [2.05, 4.69) is 4.98 Å². The van der Waals surface area contributed by atoms with E-state index in [1.165, 1.54) is 7.11 Å². The molecule has 2 aromatic carbocycles. The molecule has 34 heavy (non-hydrogen) atoms. The number of rotatable bonds is 6. The largest absolute Gasteiger partial charge is 0.468 e. The van der Waals surface area contributed by atoms with Crippen molar-refractivity contribution in [1.29, 1.82) is 0 Å². The Balaban J connectivity index is 1.42. The zero-order valence-electron chi connectivity index (χ0n) is 18.6. The van der Waals surface area contributed by atoms with Crippen LogP contribution in [0, 0.1) is 0 Å². The molecule has 6 nitrogen and oxygen atoms in total. The van der Waals surface area contributed by atoms with Crippen LogP contribution in [0.4, 0.5) is 0 Å². The fourth-order valence-corrected chi connectivity index (χ4v) is 5.81. The molecule has 0 spiro atoms. The first-order valence-corrected chi connectivity index (χ1v) is 12.3. The zero-order valence-corrected chi connectivity index (χ0v) is 20.2. The molecule has 2 atom stereocenters. The van der Waals surface area contributed by atoms with Gasteiger partial charge in [-0.25, -0.2) is 4.98 Å². The molecule has 0 unspecified atom stereocenters. The van der Waals surface area contributed by atoms with Gasteiger partial charge in [-0.1, -0.05) is 60.1 Å². The molecule has 2 aromatic heterocycles. The van der Waals surface area contributed by atoms with Gasteiger partial charge in [0.2, 0.25) is 0 Å². The number of hydrogen-bond donors (Lipinski definition) is 1. The average molecular weight is 494 g/mol. The summed E-state index contributed by atoms with van der Waals surface area (Å²) >= 11 is 8.39. The molecule has 0 amide bonds. The van der Waals surface area contributed by atoms with E-state index in [0.717, 1.165) is 42.6 Å². The molecule has 5 rings (SSSR count). The number of carbonyl (C=O) groups is 1. The van der Waals surface area contributed by atoms with Gasteiger partial charge in [0.25, 0.3) is 0 Å². The average Bonchev–Trinajstić information content (AvgIpc) is 3.43. The van der Waals surface area contributed by atoms with Crippen molar-refractivity contribution in [3.8, 4) is 11.1 Å². The third-order valence-corrected chi connectivity index (χ3v) is 7.59. The van der Waals surface area contributed by atoms with E-state index in [1.807, 2.05) is 59.5 Å². The normalized spacial score (nSPS) is 18.4. The van der Waals surface area contributed by atoms with Crippen molar-refractivity contribution < 1.29 is 14.6 Å². The zero-order chi connectivity index (χ0) is 23.7. The van der Waals surface area contributed by atoms with Gasteiger partial charge in [-0.15, -0.1) is 11.3 Å². The molecule has 0 aliphatic carbocycles. The van der Waals surface area contributed by atoms with E-state index in [1.54, 1.807) is 17.5 Å². The molecule has 4 aromatic rings. The van der Waals surface area contributed by atoms with E-state index in [-0.39, 0.29) is 5.97 Å². The Labute approximate surface area is 206 Å². The Bertz CT molecular complexity index is 1330. The highest BCUT2D eigenvalue weighted by Gasteiger charge is 2.37. The molecule has 1 aliphatic rings. The lowest BCUT2D eigenvalue weighted by atomic mass is 10.0. The molecule has 1 N–H and O–H groups in total. The second kappa shape index (κ2) is 9.80. The molecule has 3 heterocycles. The van der Waals surface area contributed by atoms with Gasteiger partial charge >= 0.3 is 5.97 Å². The first kappa shape index (κ1) is 22.9. The molecule has 8 heteroatoms. The molecule has 174 valence electrons. The van der Waals surface area contributed by atoms with Crippen LogP contribution in [0.25, 0.3) is 21.3 Å². The minimum atomic E-state index is -0.547. The number of pyridine rings is 1. The van der Waals surface area contributed by atoms with Crippen LogP contribution in [0.2, 0.25) is 5.02 Å². The summed E-state index contributed by atoms with van der Waals surface area (Å²) in [5.74, 6) is -0.326. The first-order valence-electron chi connectivity index (χ1n) is 11.1. The number of fused-ring (bicyclic) bond motifs is 1. The van der Waals surface area contributed by atoms with Gasteiger partial charge in [-0.2, -0.15) is 0 Å². The maximum atomic E-state index is 12.1. The molecular weight excluding hydrogens is 470 g/mol. The van der Waals surface area contributed by atoms with Gasteiger partial charge in [0.15, 0.2) is 0 Å². The van der Waals surface area contributed by atoms with Gasteiger partial charge in [0.05, 0.1) is 35.2 Å². The van der Waals surface area contributed by atoms with E-state index < -0.39 is 12.1 Å². The molecule has 0 radical (unpaired) electrons. The number of benzene rings is 2. The van der Waals surface area contributed by atoms with Crippen molar-refractivity contribution in [3.05, 3.63) is 82.1 Å². The fraction of sp³-hybridized carbons (Fsp3) is 0.269. The van der Waals surface area contributed by atoms with Crippen LogP contribution < -0.4 is 0 Å². The number of esters is 1. The van der Waals surface area contributed by atoms with Gasteiger partial charge in [0, 0.05) is 31.1 Å². The highest BCUT2D eigenvalue weighted by atomic mass is 35.5. The number of aromatic nitrogens is 2. The Hall–Kier alpha value is -2.84. The van der Waals surface area contributed by atoms with Crippen molar-refractivity contribution in [2.75, 3.05) is 13.7 Å². The minimum Gasteiger partial charge on any atom is -0.468 e. The highest BCUT2D eigenvalue weighted by Crippen LogP contribution is 2.33. The SMILES string of the molecule is COC(=O)[C@@H]1C[C@H](O)CN1Cc1nc2c(Cc3cccc(-c4ccccc4)c3Cl)nccc2s1. The van der Waals surface area contributed by atoms with Crippen LogP contribution in [0.5, 0.6) is 0 Å². The fourth-order valence-electron chi connectivity index (χ4n) is 4.50. The van der Waals surface area contributed by atoms with Crippen LogP contribution in [0.15, 0.2) is 60.8 Å². The van der Waals surface area contributed by atoms with Gasteiger partial charge in [-0.05, 0) is 17.2 Å². The van der Waals surface area contributed by atoms with E-state index >= 15 is 0 Å². The van der Waals surface area contributed by atoms with Crippen molar-refractivity contribution >= 4 is 39.1 Å². The second-order valence-electron chi connectivity index (χ2n) is 8.39. The molecule has 0 saturated carbocycles. The number of β-amino-alcohol motifs (C(OH)–C–C–N with tert-alkyl or cyclic N) is 1. The lowest BCUT2D eigenvalue weighted by Gasteiger charge is -2.20. The standard InChI is InChI=1S/C26H24ClN3O3S/c1-33-26(32)21-13-18(31)14-30(21)15-23-29-25-20(28-11-10-22(25)34-23)12-17-8-5-9-19(24(17)27)16-6-3-2-4-7-16/h2-11,18,21,31H,12-15H2,1H3/t18-,21-/m0/s1. The number of carbonyl (C=O) groups excluding carboxylic acids is 1.